The molecule has 0 aromatic heterocycles. The van der Waals surface area contributed by atoms with Crippen LogP contribution in [0.25, 0.3) is 0 Å². The van der Waals surface area contributed by atoms with Gasteiger partial charge >= 0.3 is 10.2 Å². The highest BCUT2D eigenvalue weighted by molar-refractivity contribution is 7.91. The maximum atomic E-state index is 11.3. The summed E-state index contributed by atoms with van der Waals surface area (Å²) in [4.78, 5) is 0. The Morgan fingerprint density at radius 1 is 1.38 bits per heavy atom. The van der Waals surface area contributed by atoms with Gasteiger partial charge in [-0.15, -0.1) is 4.40 Å². The lowest BCUT2D eigenvalue weighted by atomic mass is 9.95. The number of amidine groups is 1. The number of anilines is 1. The number of fused-ring (bicyclic) bond motifs is 1. The Bertz CT molecular complexity index is 561. The van der Waals surface area contributed by atoms with Crippen molar-refractivity contribution in [1.82, 2.24) is 0 Å². The minimum absolute atomic E-state index is 0.0538. The molecule has 0 saturated carbocycles. The Morgan fingerprint density at radius 2 is 2.06 bits per heavy atom. The van der Waals surface area contributed by atoms with E-state index < -0.39 is 10.2 Å². The van der Waals surface area contributed by atoms with Crippen LogP contribution < -0.4 is 10.5 Å². The zero-order valence-electron chi connectivity index (χ0n) is 9.06. The smallest absolute Gasteiger partial charge is 0.344 e. The van der Waals surface area contributed by atoms with Gasteiger partial charge in [0.05, 0.1) is 5.69 Å². The summed E-state index contributed by atoms with van der Waals surface area (Å²) < 4.78 is 28.5. The van der Waals surface area contributed by atoms with E-state index in [0.717, 1.165) is 5.56 Å². The van der Waals surface area contributed by atoms with Crippen molar-refractivity contribution in [3.8, 4) is 0 Å². The molecule has 0 fully saturated rings. The zero-order valence-corrected chi connectivity index (χ0v) is 9.88. The lowest BCUT2D eigenvalue weighted by Crippen LogP contribution is -2.27. The van der Waals surface area contributed by atoms with Crippen LogP contribution >= 0.6 is 0 Å². The largest absolute Gasteiger partial charge is 0.382 e. The average Bonchev–Trinajstić information content (AvgIpc) is 2.14. The fourth-order valence-corrected chi connectivity index (χ4v) is 2.60. The summed E-state index contributed by atoms with van der Waals surface area (Å²) in [5, 5.41) is 0. The van der Waals surface area contributed by atoms with Gasteiger partial charge in [0.15, 0.2) is 0 Å². The molecule has 86 valence electrons. The molecule has 0 spiro atoms. The molecular formula is C10H13N3O2S. The summed E-state index contributed by atoms with van der Waals surface area (Å²) in [6.07, 6.45) is 0. The Hall–Kier alpha value is -1.56. The highest BCUT2D eigenvalue weighted by atomic mass is 32.2. The second-order valence-electron chi connectivity index (χ2n) is 3.98. The van der Waals surface area contributed by atoms with Crippen molar-refractivity contribution in [2.75, 3.05) is 4.72 Å². The average molecular weight is 239 g/mol. The second kappa shape index (κ2) is 3.48. The molecule has 0 atom stereocenters. The first-order valence-electron chi connectivity index (χ1n) is 4.92. The minimum atomic E-state index is -3.67. The Morgan fingerprint density at radius 3 is 2.69 bits per heavy atom. The van der Waals surface area contributed by atoms with E-state index in [1.165, 1.54) is 0 Å². The lowest BCUT2D eigenvalue weighted by molar-refractivity contribution is 0.602. The van der Waals surface area contributed by atoms with Crippen LogP contribution in [0.5, 0.6) is 0 Å². The molecule has 1 aromatic rings. The van der Waals surface area contributed by atoms with Gasteiger partial charge in [-0.2, -0.15) is 8.42 Å². The molecule has 0 aliphatic carbocycles. The molecule has 2 rings (SSSR count). The van der Waals surface area contributed by atoms with Crippen LogP contribution in [0.2, 0.25) is 0 Å². The van der Waals surface area contributed by atoms with E-state index in [0.29, 0.717) is 11.3 Å². The van der Waals surface area contributed by atoms with Gasteiger partial charge in [-0.05, 0) is 17.5 Å². The molecule has 16 heavy (non-hydrogen) atoms. The van der Waals surface area contributed by atoms with Crippen molar-refractivity contribution in [2.24, 2.45) is 10.1 Å². The number of hydrogen-bond acceptors (Lipinski definition) is 3. The van der Waals surface area contributed by atoms with Crippen LogP contribution in [0.15, 0.2) is 22.6 Å². The van der Waals surface area contributed by atoms with Gasteiger partial charge in [-0.1, -0.05) is 26.0 Å². The summed E-state index contributed by atoms with van der Waals surface area (Å²) in [6.45, 7) is 4.04. The second-order valence-corrected chi connectivity index (χ2v) is 5.31. The summed E-state index contributed by atoms with van der Waals surface area (Å²) in [6, 6.07) is 5.40. The van der Waals surface area contributed by atoms with E-state index in [9.17, 15) is 8.42 Å². The van der Waals surface area contributed by atoms with Crippen molar-refractivity contribution in [3.05, 3.63) is 29.3 Å². The molecule has 1 heterocycles. The monoisotopic (exact) mass is 239 g/mol. The molecule has 0 unspecified atom stereocenters. The Labute approximate surface area is 94.6 Å². The molecule has 1 aromatic carbocycles. The van der Waals surface area contributed by atoms with Crippen LogP contribution in [0, 0.1) is 0 Å². The summed E-state index contributed by atoms with van der Waals surface area (Å²) >= 11 is 0. The van der Waals surface area contributed by atoms with Crippen LogP contribution in [0.1, 0.15) is 30.9 Å². The van der Waals surface area contributed by atoms with Crippen LogP contribution in [0.4, 0.5) is 5.69 Å². The zero-order chi connectivity index (χ0) is 11.9. The van der Waals surface area contributed by atoms with Gasteiger partial charge in [-0.25, -0.2) is 0 Å². The molecule has 6 heteroatoms. The number of nitrogens with zero attached hydrogens (tertiary/aromatic N) is 1. The molecule has 0 radical (unpaired) electrons. The van der Waals surface area contributed by atoms with Gasteiger partial charge in [0.1, 0.15) is 5.84 Å². The predicted molar refractivity (Wildman–Crippen MR) is 63.8 cm³/mol. The van der Waals surface area contributed by atoms with Crippen molar-refractivity contribution in [2.45, 2.75) is 19.8 Å². The maximum Gasteiger partial charge on any atom is 0.344 e. The minimum Gasteiger partial charge on any atom is -0.382 e. The first-order chi connectivity index (χ1) is 7.41. The van der Waals surface area contributed by atoms with Gasteiger partial charge in [0, 0.05) is 5.56 Å². The highest BCUT2D eigenvalue weighted by Crippen LogP contribution is 2.29. The van der Waals surface area contributed by atoms with E-state index in [1.54, 1.807) is 12.1 Å². The number of nitrogens with two attached hydrogens (primary N) is 1. The third-order valence-electron chi connectivity index (χ3n) is 2.43. The molecule has 1 aliphatic rings. The normalized spacial score (nSPS) is 17.6. The molecular weight excluding hydrogens is 226 g/mol. The van der Waals surface area contributed by atoms with Crippen molar-refractivity contribution in [1.29, 1.82) is 0 Å². The fourth-order valence-electron chi connectivity index (χ4n) is 1.76. The van der Waals surface area contributed by atoms with E-state index in [4.69, 9.17) is 5.73 Å². The third kappa shape index (κ3) is 1.76. The number of rotatable bonds is 1. The SMILES string of the molecule is CC(C)c1cccc2c1C(N)=NS(=O)(=O)N2. The van der Waals surface area contributed by atoms with Crippen LogP contribution in [0.3, 0.4) is 0 Å². The van der Waals surface area contributed by atoms with Crippen molar-refractivity contribution < 1.29 is 8.42 Å². The summed E-state index contributed by atoms with van der Waals surface area (Å²) in [5.41, 5.74) is 7.86. The molecule has 5 nitrogen and oxygen atoms in total. The quantitative estimate of drug-likeness (QED) is 0.771. The summed E-state index contributed by atoms with van der Waals surface area (Å²) in [7, 11) is -3.67. The van der Waals surface area contributed by atoms with Crippen LogP contribution in [-0.2, 0) is 10.2 Å². The maximum absolute atomic E-state index is 11.3. The predicted octanol–water partition coefficient (Wildman–Crippen LogP) is 1.19. The Balaban J connectivity index is 2.70. The van der Waals surface area contributed by atoms with Crippen molar-refractivity contribution in [3.63, 3.8) is 0 Å². The number of benzene rings is 1. The lowest BCUT2D eigenvalue weighted by Gasteiger charge is -2.20. The molecule has 1 aliphatic heterocycles. The standard InChI is InChI=1S/C10H13N3O2S/c1-6(2)7-4-3-5-8-9(7)10(11)13-16(14,15)12-8/h3-6,12H,1-2H3,(H2,11,13). The van der Waals surface area contributed by atoms with Gasteiger partial charge in [0.2, 0.25) is 0 Å². The first kappa shape index (κ1) is 10.9. The van der Waals surface area contributed by atoms with Gasteiger partial charge in [0.25, 0.3) is 0 Å². The third-order valence-corrected chi connectivity index (χ3v) is 3.35. The highest BCUT2D eigenvalue weighted by Gasteiger charge is 2.23. The van der Waals surface area contributed by atoms with Crippen LogP contribution in [-0.4, -0.2) is 14.3 Å². The number of nitrogens with one attached hydrogen (secondary N) is 1. The number of hydrogen-bond donors (Lipinski definition) is 2. The molecule has 0 bridgehead atoms. The topological polar surface area (TPSA) is 84.5 Å². The fraction of sp³-hybridized carbons (Fsp3) is 0.300. The van der Waals surface area contributed by atoms with E-state index in [2.05, 4.69) is 9.12 Å². The van der Waals surface area contributed by atoms with Gasteiger partial charge in [-0.3, -0.25) is 4.72 Å². The van der Waals surface area contributed by atoms with E-state index in [-0.39, 0.29) is 11.8 Å². The van der Waals surface area contributed by atoms with E-state index >= 15 is 0 Å². The first-order valence-corrected chi connectivity index (χ1v) is 6.36. The van der Waals surface area contributed by atoms with Crippen molar-refractivity contribution >= 4 is 21.7 Å². The molecule has 0 amide bonds. The molecule has 3 N–H and O–H groups in total. The Kier molecular flexibility index (Phi) is 2.38. The van der Waals surface area contributed by atoms with E-state index in [1.807, 2.05) is 19.9 Å². The van der Waals surface area contributed by atoms with Gasteiger partial charge < -0.3 is 5.73 Å². The summed E-state index contributed by atoms with van der Waals surface area (Å²) in [5.74, 6) is 0.310. The molecule has 0 saturated heterocycles.